The molecule has 0 aromatic heterocycles. The van der Waals surface area contributed by atoms with Crippen molar-refractivity contribution in [3.8, 4) is 0 Å². The van der Waals surface area contributed by atoms with Gasteiger partial charge in [0.1, 0.15) is 6.61 Å². The molecule has 0 bridgehead atoms. The highest BCUT2D eigenvalue weighted by Crippen LogP contribution is 2.15. The van der Waals surface area contributed by atoms with Crippen LogP contribution in [-0.4, -0.2) is 35.7 Å². The summed E-state index contributed by atoms with van der Waals surface area (Å²) in [6.45, 7) is 8.31. The van der Waals surface area contributed by atoms with Gasteiger partial charge < -0.3 is 15.0 Å². The van der Waals surface area contributed by atoms with Crippen molar-refractivity contribution in [3.63, 3.8) is 0 Å². The lowest BCUT2D eigenvalue weighted by atomic mass is 10.0. The standard InChI is InChI=1S/C17H26N2O2/c1-17(2,3)18-15-10-7-11-19(12-15)16(20)21-13-14-8-5-4-6-9-14/h4-6,8-9,15,18H,7,10-13H2,1-3H3. The largest absolute Gasteiger partial charge is 0.445 e. The Morgan fingerprint density at radius 1 is 1.33 bits per heavy atom. The third-order valence-electron chi connectivity index (χ3n) is 3.52. The van der Waals surface area contributed by atoms with Gasteiger partial charge in [0.05, 0.1) is 0 Å². The molecule has 1 N–H and O–H groups in total. The third kappa shape index (κ3) is 5.38. The van der Waals surface area contributed by atoms with Gasteiger partial charge in [-0.05, 0) is 39.2 Å². The van der Waals surface area contributed by atoms with Crippen molar-refractivity contribution in [1.29, 1.82) is 0 Å². The Bertz CT molecular complexity index is 454. The summed E-state index contributed by atoms with van der Waals surface area (Å²) in [6, 6.07) is 10.1. The predicted octanol–water partition coefficient (Wildman–Crippen LogP) is 3.18. The number of rotatable bonds is 3. The highest BCUT2D eigenvalue weighted by atomic mass is 16.6. The molecule has 1 amide bonds. The van der Waals surface area contributed by atoms with Crippen molar-refractivity contribution in [3.05, 3.63) is 35.9 Å². The fraction of sp³-hybridized carbons (Fsp3) is 0.588. The van der Waals surface area contributed by atoms with Gasteiger partial charge in [-0.15, -0.1) is 0 Å². The average Bonchev–Trinajstić information content (AvgIpc) is 2.44. The molecule has 0 saturated carbocycles. The number of piperidine rings is 1. The van der Waals surface area contributed by atoms with Crippen LogP contribution in [0.1, 0.15) is 39.2 Å². The second-order valence-electron chi connectivity index (χ2n) is 6.72. The first-order chi connectivity index (χ1) is 9.94. The van der Waals surface area contributed by atoms with Crippen molar-refractivity contribution in [1.82, 2.24) is 10.2 Å². The predicted molar refractivity (Wildman–Crippen MR) is 84.1 cm³/mol. The molecule has 4 heteroatoms. The molecule has 1 unspecified atom stereocenters. The van der Waals surface area contributed by atoms with Gasteiger partial charge in [-0.2, -0.15) is 0 Å². The molecule has 1 aliphatic rings. The Hall–Kier alpha value is -1.55. The molecule has 1 saturated heterocycles. The number of nitrogens with one attached hydrogen (secondary N) is 1. The lowest BCUT2D eigenvalue weighted by molar-refractivity contribution is 0.0806. The smallest absolute Gasteiger partial charge is 0.410 e. The van der Waals surface area contributed by atoms with E-state index in [9.17, 15) is 4.79 Å². The number of ether oxygens (including phenoxy) is 1. The molecule has 116 valence electrons. The van der Waals surface area contributed by atoms with Gasteiger partial charge in [0.15, 0.2) is 0 Å². The maximum absolute atomic E-state index is 12.2. The molecule has 1 aliphatic heterocycles. The number of hydrogen-bond acceptors (Lipinski definition) is 3. The quantitative estimate of drug-likeness (QED) is 0.929. The number of nitrogens with zero attached hydrogens (tertiary/aromatic N) is 1. The van der Waals surface area contributed by atoms with Crippen LogP contribution in [0.4, 0.5) is 4.79 Å². The maximum Gasteiger partial charge on any atom is 0.410 e. The minimum absolute atomic E-state index is 0.0711. The van der Waals surface area contributed by atoms with E-state index in [1.807, 2.05) is 35.2 Å². The number of amides is 1. The number of carbonyl (C=O) groups is 1. The van der Waals surface area contributed by atoms with Crippen LogP contribution in [0.25, 0.3) is 0 Å². The SMILES string of the molecule is CC(C)(C)NC1CCCN(C(=O)OCc2ccccc2)C1. The molecule has 2 rings (SSSR count). The van der Waals surface area contributed by atoms with Crippen molar-refractivity contribution < 1.29 is 9.53 Å². The number of carbonyl (C=O) groups excluding carboxylic acids is 1. The van der Waals surface area contributed by atoms with E-state index < -0.39 is 0 Å². The monoisotopic (exact) mass is 290 g/mol. The molecule has 0 spiro atoms. The molecular weight excluding hydrogens is 264 g/mol. The van der Waals surface area contributed by atoms with Gasteiger partial charge in [0.25, 0.3) is 0 Å². The first-order valence-corrected chi connectivity index (χ1v) is 7.67. The first kappa shape index (κ1) is 15.8. The molecule has 1 aromatic rings. The van der Waals surface area contributed by atoms with Gasteiger partial charge in [-0.25, -0.2) is 4.79 Å². The molecule has 1 atom stereocenters. The molecule has 1 heterocycles. The summed E-state index contributed by atoms with van der Waals surface area (Å²) in [4.78, 5) is 14.0. The summed E-state index contributed by atoms with van der Waals surface area (Å²) in [5, 5.41) is 3.57. The second kappa shape index (κ2) is 6.94. The normalized spacial score (nSPS) is 19.4. The second-order valence-corrected chi connectivity index (χ2v) is 6.72. The zero-order valence-electron chi connectivity index (χ0n) is 13.3. The number of hydrogen-bond donors (Lipinski definition) is 1. The van der Waals surface area contributed by atoms with Crippen LogP contribution in [0.15, 0.2) is 30.3 Å². The summed E-state index contributed by atoms with van der Waals surface area (Å²) in [7, 11) is 0. The van der Waals surface area contributed by atoms with E-state index in [2.05, 4.69) is 26.1 Å². The zero-order valence-corrected chi connectivity index (χ0v) is 13.3. The van der Waals surface area contributed by atoms with Gasteiger partial charge in [0.2, 0.25) is 0 Å². The first-order valence-electron chi connectivity index (χ1n) is 7.67. The molecule has 4 nitrogen and oxygen atoms in total. The zero-order chi connectivity index (χ0) is 15.3. The van der Waals surface area contributed by atoms with Crippen molar-refractivity contribution in [2.75, 3.05) is 13.1 Å². The van der Waals surface area contributed by atoms with E-state index in [0.717, 1.165) is 31.5 Å². The third-order valence-corrected chi connectivity index (χ3v) is 3.52. The molecule has 0 aliphatic carbocycles. The number of benzene rings is 1. The van der Waals surface area contributed by atoms with Crippen LogP contribution in [0.3, 0.4) is 0 Å². The fourth-order valence-electron chi connectivity index (χ4n) is 2.68. The van der Waals surface area contributed by atoms with Crippen LogP contribution in [-0.2, 0) is 11.3 Å². The van der Waals surface area contributed by atoms with Gasteiger partial charge in [-0.1, -0.05) is 30.3 Å². The minimum Gasteiger partial charge on any atom is -0.445 e. The molecule has 1 aromatic carbocycles. The van der Waals surface area contributed by atoms with Crippen molar-refractivity contribution in [2.24, 2.45) is 0 Å². The Morgan fingerprint density at radius 3 is 2.71 bits per heavy atom. The Morgan fingerprint density at radius 2 is 2.05 bits per heavy atom. The van der Waals surface area contributed by atoms with Crippen LogP contribution >= 0.6 is 0 Å². The fourth-order valence-corrected chi connectivity index (χ4v) is 2.68. The minimum atomic E-state index is -0.209. The van der Waals surface area contributed by atoms with Crippen molar-refractivity contribution >= 4 is 6.09 Å². The highest BCUT2D eigenvalue weighted by molar-refractivity contribution is 5.67. The molecule has 21 heavy (non-hydrogen) atoms. The van der Waals surface area contributed by atoms with Gasteiger partial charge in [-0.3, -0.25) is 0 Å². The Kier molecular flexibility index (Phi) is 5.23. The topological polar surface area (TPSA) is 41.6 Å². The summed E-state index contributed by atoms with van der Waals surface area (Å²) < 4.78 is 5.41. The lowest BCUT2D eigenvalue weighted by Gasteiger charge is -2.36. The van der Waals surface area contributed by atoms with Crippen LogP contribution in [0, 0.1) is 0 Å². The summed E-state index contributed by atoms with van der Waals surface area (Å²) in [5.41, 5.74) is 1.09. The van der Waals surface area contributed by atoms with Gasteiger partial charge in [0, 0.05) is 24.7 Å². The van der Waals surface area contributed by atoms with Gasteiger partial charge >= 0.3 is 6.09 Å². The van der Waals surface area contributed by atoms with E-state index in [1.54, 1.807) is 0 Å². The Labute approximate surface area is 127 Å². The van der Waals surface area contributed by atoms with E-state index in [-0.39, 0.29) is 11.6 Å². The average molecular weight is 290 g/mol. The van der Waals surface area contributed by atoms with Crippen molar-refractivity contribution in [2.45, 2.75) is 51.8 Å². The van der Waals surface area contributed by atoms with Crippen LogP contribution < -0.4 is 5.32 Å². The molecule has 0 radical (unpaired) electrons. The van der Waals surface area contributed by atoms with Crippen LogP contribution in [0.2, 0.25) is 0 Å². The number of likely N-dealkylation sites (tertiary alicyclic amines) is 1. The van der Waals surface area contributed by atoms with Crippen LogP contribution in [0.5, 0.6) is 0 Å². The summed E-state index contributed by atoms with van der Waals surface area (Å²) >= 11 is 0. The molecule has 1 fully saturated rings. The molecular formula is C17H26N2O2. The Balaban J connectivity index is 1.82. The van der Waals surface area contributed by atoms with E-state index >= 15 is 0 Å². The van der Waals surface area contributed by atoms with E-state index in [0.29, 0.717) is 12.6 Å². The summed E-state index contributed by atoms with van der Waals surface area (Å²) in [5.74, 6) is 0. The maximum atomic E-state index is 12.2. The van der Waals surface area contributed by atoms with E-state index in [1.165, 1.54) is 0 Å². The lowest BCUT2D eigenvalue weighted by Crippen LogP contribution is -2.53. The highest BCUT2D eigenvalue weighted by Gasteiger charge is 2.27. The van der Waals surface area contributed by atoms with E-state index in [4.69, 9.17) is 4.74 Å². The summed E-state index contributed by atoms with van der Waals surface area (Å²) in [6.07, 6.45) is 1.92.